The Labute approximate surface area is 543 Å². The van der Waals surface area contributed by atoms with E-state index in [-0.39, 0.29) is 70.7 Å². The van der Waals surface area contributed by atoms with Crippen LogP contribution in [0.3, 0.4) is 0 Å². The summed E-state index contributed by atoms with van der Waals surface area (Å²) in [7, 11) is 0. The highest BCUT2D eigenvalue weighted by molar-refractivity contribution is 5.88. The Morgan fingerprint density at radius 2 is 1.12 bits per heavy atom. The number of carbonyl (C=O) groups excluding carboxylic acids is 5. The molecule has 1 heterocycles. The number of alkyl halides is 9. The third-order valence-electron chi connectivity index (χ3n) is 17.2. The highest BCUT2D eigenvalue weighted by Crippen LogP contribution is 2.60. The maximum Gasteiger partial charge on any atom is 0.426 e. The zero-order valence-electron chi connectivity index (χ0n) is 55.5. The van der Waals surface area contributed by atoms with Crippen molar-refractivity contribution in [3.8, 4) is 5.75 Å². The molecule has 5 N–H and O–H groups in total. The van der Waals surface area contributed by atoms with Crippen LogP contribution in [0.15, 0.2) is 91.6 Å². The lowest BCUT2D eigenvalue weighted by Gasteiger charge is -2.59. The van der Waals surface area contributed by atoms with Crippen molar-refractivity contribution in [2.45, 2.75) is 237 Å². The minimum absolute atomic E-state index is 0.0646. The molecule has 26 heteroatoms. The number of fused-ring (bicyclic) bond motifs is 1. The standard InChI is InChI=1S/C16H22F6O4.C14H20O3.C12H14O4.C12H16O.C10H15F3O3.C4H6O2/c1-8(2)12(23)26-11-6-9(13(3,4)24)5-10(7-11)14(25,15(17,18)19)16(20,21)22;1-9(2)12(15)17-14-6-10-3-11(7-14)5-13(16,4-10)8-14;1-5(2)11(13)15-9-6-3-7-8(4-6)12(14)16-10(7)9;1-5-10-6-8-11(9-7-10)13-12(2,3)4;1-6(2)8(14)16-7(3)5-9(4,15)10(11,12)13;1-3(2)4(5)6/h9-11,24-25H,1,5-7H2,2-4H3;10-11,16H,1,3-8H2,2H3;6-10H,1,3-4H2,2H3;5-9H,1H2,2-4H3;7,15H,1,5H2,2-4H3;1H2,2H3,(H,5,6). The van der Waals surface area contributed by atoms with Gasteiger partial charge >= 0.3 is 54.3 Å². The predicted octanol–water partition coefficient (Wildman–Crippen LogP) is 13.1. The normalized spacial score (nSPS) is 27.9. The Morgan fingerprint density at radius 3 is 1.52 bits per heavy atom. The van der Waals surface area contributed by atoms with Gasteiger partial charge in [0.15, 0.2) is 5.60 Å². The van der Waals surface area contributed by atoms with Crippen LogP contribution < -0.4 is 4.74 Å². The number of carboxylic acid groups (broad SMARTS) is 1. The van der Waals surface area contributed by atoms with Crippen LogP contribution in [-0.4, -0.2) is 138 Å². The molecule has 6 bridgehead atoms. The van der Waals surface area contributed by atoms with Crippen molar-refractivity contribution in [2.75, 3.05) is 0 Å². The van der Waals surface area contributed by atoms with Gasteiger partial charge in [0.05, 0.1) is 17.1 Å². The minimum atomic E-state index is -5.99. The van der Waals surface area contributed by atoms with Crippen molar-refractivity contribution in [1.82, 2.24) is 0 Å². The summed E-state index contributed by atoms with van der Waals surface area (Å²) in [6.07, 6.45) is -12.9. The van der Waals surface area contributed by atoms with E-state index in [1.807, 2.05) is 51.1 Å². The van der Waals surface area contributed by atoms with Gasteiger partial charge in [-0.3, -0.25) is 4.79 Å². The number of ether oxygens (including phenoxy) is 6. The number of hydrogen-bond acceptors (Lipinski definition) is 16. The molecule has 0 spiro atoms. The Bertz CT molecular complexity index is 2910. The van der Waals surface area contributed by atoms with Crippen LogP contribution in [0.2, 0.25) is 0 Å². The van der Waals surface area contributed by atoms with Crippen LogP contribution in [0.5, 0.6) is 5.75 Å². The van der Waals surface area contributed by atoms with E-state index in [0.717, 1.165) is 49.8 Å². The number of carbonyl (C=O) groups is 6. The maximum atomic E-state index is 13.2. The molecule has 0 amide bonds. The molecule has 1 aromatic carbocycles. The molecule has 8 fully saturated rings. The average molecular weight is 1350 g/mol. The zero-order chi connectivity index (χ0) is 72.6. The van der Waals surface area contributed by atoms with E-state index in [2.05, 4.69) is 44.2 Å². The summed E-state index contributed by atoms with van der Waals surface area (Å²) in [5.74, 6) is -4.22. The van der Waals surface area contributed by atoms with E-state index in [9.17, 15) is 83.6 Å². The first-order chi connectivity index (χ1) is 42.5. The maximum absolute atomic E-state index is 13.2. The van der Waals surface area contributed by atoms with Gasteiger partial charge in [-0.2, -0.15) is 39.5 Å². The van der Waals surface area contributed by atoms with Crippen molar-refractivity contribution >= 4 is 41.9 Å². The Kier molecular flexibility index (Phi) is 27.1. The lowest BCUT2D eigenvalue weighted by Crippen LogP contribution is -2.63. The average Bonchev–Trinajstić information content (AvgIpc) is 1.15. The third kappa shape index (κ3) is 22.3. The lowest BCUT2D eigenvalue weighted by molar-refractivity contribution is -0.390. The first-order valence-corrected chi connectivity index (χ1v) is 30.6. The molecule has 1 saturated heterocycles. The third-order valence-corrected chi connectivity index (χ3v) is 17.2. The monoisotopic (exact) mass is 1350 g/mol. The van der Waals surface area contributed by atoms with Crippen molar-refractivity contribution in [2.24, 2.45) is 41.4 Å². The van der Waals surface area contributed by atoms with Crippen molar-refractivity contribution in [3.63, 3.8) is 0 Å². The molecule has 1 aliphatic heterocycles. The van der Waals surface area contributed by atoms with Crippen molar-refractivity contribution in [1.29, 1.82) is 0 Å². The number of rotatable bonds is 15. The van der Waals surface area contributed by atoms with Crippen LogP contribution in [0.25, 0.3) is 6.08 Å². The number of benzene rings is 1. The molecule has 17 nitrogen and oxygen atoms in total. The van der Waals surface area contributed by atoms with Crippen molar-refractivity contribution in [3.05, 3.63) is 97.2 Å². The highest BCUT2D eigenvalue weighted by atomic mass is 19.4. The number of halogens is 9. The molecule has 7 aliphatic carbocycles. The van der Waals surface area contributed by atoms with Gasteiger partial charge in [0.2, 0.25) is 0 Å². The highest BCUT2D eigenvalue weighted by Gasteiger charge is 2.74. The number of aliphatic carboxylic acids is 1. The second-order valence-electron chi connectivity index (χ2n) is 28.0. The molecule has 1 aromatic rings. The molecule has 0 aromatic heterocycles. The summed E-state index contributed by atoms with van der Waals surface area (Å²) >= 11 is 0. The van der Waals surface area contributed by atoms with Gasteiger partial charge in [0, 0.05) is 58.5 Å². The van der Waals surface area contributed by atoms with E-state index in [1.54, 1.807) is 13.8 Å². The molecule has 94 heavy (non-hydrogen) atoms. The van der Waals surface area contributed by atoms with Crippen molar-refractivity contribution < 1.29 is 122 Å². The van der Waals surface area contributed by atoms with Crippen LogP contribution in [0.4, 0.5) is 39.5 Å². The molecular formula is C68H93F9O17. The van der Waals surface area contributed by atoms with Gasteiger partial charge < -0.3 is 54.0 Å². The lowest BCUT2D eigenvalue weighted by atomic mass is 9.52. The molecule has 9 rings (SSSR count). The fourth-order valence-electron chi connectivity index (χ4n) is 13.0. The van der Waals surface area contributed by atoms with E-state index in [1.165, 1.54) is 48.0 Å². The van der Waals surface area contributed by atoms with E-state index in [0.29, 0.717) is 42.2 Å². The van der Waals surface area contributed by atoms with Crippen LogP contribution in [-0.2, 0) is 52.5 Å². The zero-order valence-corrected chi connectivity index (χ0v) is 55.5. The molecule has 0 radical (unpaired) electrons. The van der Waals surface area contributed by atoms with Crippen LogP contribution >= 0.6 is 0 Å². The quantitative estimate of drug-likeness (QED) is 0.0473. The summed E-state index contributed by atoms with van der Waals surface area (Å²) in [5, 5.41) is 47.3. The Hall–Kier alpha value is -6.51. The second kappa shape index (κ2) is 31.1. The number of hydrogen-bond donors (Lipinski definition) is 5. The molecule has 8 aliphatic rings. The Morgan fingerprint density at radius 1 is 0.649 bits per heavy atom. The molecule has 530 valence electrons. The molecular weight excluding hydrogens is 1260 g/mol. The van der Waals surface area contributed by atoms with Gasteiger partial charge in [-0.05, 0) is 183 Å². The molecule has 12 atom stereocenters. The van der Waals surface area contributed by atoms with E-state index < -0.39 is 108 Å². The summed E-state index contributed by atoms with van der Waals surface area (Å²) < 4.78 is 147. The van der Waals surface area contributed by atoms with Gasteiger partial charge in [-0.15, -0.1) is 0 Å². The fraction of sp³-hybridized carbons (Fsp3) is 0.647. The SMILES string of the molecule is C=C(C)C(=O)O.C=C(C)C(=O)OC(C)CC(C)(O)C(F)(F)F.C=C(C)C(=O)OC12CC3CC(CC(O)(C3)C1)C2.C=C(C)C(=O)OC1C2CC3C(=O)OC1C3C2.C=C(C)C(=O)OC1CC(C(C)(C)O)CC(C(O)(C(F)(F)F)C(F)(F)F)C1.C=Cc1ccc(OC(C)(C)C)cc1. The van der Waals surface area contributed by atoms with Crippen LogP contribution in [0, 0.1) is 41.4 Å². The molecule has 12 unspecified atom stereocenters. The topological polar surface area (TPSA) is 259 Å². The van der Waals surface area contributed by atoms with E-state index >= 15 is 0 Å². The first-order valence-electron chi connectivity index (χ1n) is 30.6. The summed E-state index contributed by atoms with van der Waals surface area (Å²) in [4.78, 5) is 66.9. The molecule has 7 saturated carbocycles. The minimum Gasteiger partial charge on any atom is -0.488 e. The van der Waals surface area contributed by atoms with Gasteiger partial charge in [0.1, 0.15) is 41.4 Å². The smallest absolute Gasteiger partial charge is 0.426 e. The number of carboxylic acids is 1. The summed E-state index contributed by atoms with van der Waals surface area (Å²) in [6.45, 7) is 38.5. The van der Waals surface area contributed by atoms with Crippen LogP contribution in [0.1, 0.15) is 166 Å². The predicted molar refractivity (Wildman–Crippen MR) is 327 cm³/mol. The fourth-order valence-corrected chi connectivity index (χ4v) is 13.0. The second-order valence-corrected chi connectivity index (χ2v) is 28.0. The summed E-state index contributed by atoms with van der Waals surface area (Å²) in [6, 6.07) is 7.91. The van der Waals surface area contributed by atoms with Gasteiger partial charge in [-0.1, -0.05) is 57.7 Å². The Balaban J connectivity index is 0.000000305. The summed E-state index contributed by atoms with van der Waals surface area (Å²) in [5.41, 5.74) is -8.42. The number of esters is 5. The van der Waals surface area contributed by atoms with Gasteiger partial charge in [-0.25, -0.2) is 24.0 Å². The van der Waals surface area contributed by atoms with Gasteiger partial charge in [0.25, 0.3) is 5.60 Å². The number of aliphatic hydroxyl groups is 4. The largest absolute Gasteiger partial charge is 0.488 e. The first kappa shape index (κ1) is 81.7. The van der Waals surface area contributed by atoms with E-state index in [4.69, 9.17) is 33.9 Å².